The van der Waals surface area contributed by atoms with Gasteiger partial charge in [0, 0.05) is 35.1 Å². The van der Waals surface area contributed by atoms with E-state index in [1.807, 2.05) is 6.07 Å². The summed E-state index contributed by atoms with van der Waals surface area (Å²) in [6.45, 7) is 1.84. The zero-order valence-electron chi connectivity index (χ0n) is 11.4. The number of ether oxygens (including phenoxy) is 1. The molecule has 4 nitrogen and oxygen atoms in total. The number of hydrogen-bond acceptors (Lipinski definition) is 4. The lowest BCUT2D eigenvalue weighted by Gasteiger charge is -2.11. The van der Waals surface area contributed by atoms with Gasteiger partial charge >= 0.3 is 0 Å². The molecule has 0 fully saturated rings. The van der Waals surface area contributed by atoms with Gasteiger partial charge in [0.2, 0.25) is 0 Å². The van der Waals surface area contributed by atoms with Crippen molar-refractivity contribution in [2.24, 2.45) is 0 Å². The Morgan fingerprint density at radius 3 is 2.81 bits per heavy atom. The average molecular weight is 350 g/mol. The maximum Gasteiger partial charge on any atom is 0.161 e. The predicted molar refractivity (Wildman–Crippen MR) is 83.7 cm³/mol. The molecule has 0 radical (unpaired) electrons. The van der Waals surface area contributed by atoms with Crippen molar-refractivity contribution in [3.63, 3.8) is 0 Å². The second kappa shape index (κ2) is 5.95. The molecular formula is C16H16BrNO3. The van der Waals surface area contributed by atoms with Gasteiger partial charge in [-0.1, -0.05) is 28.1 Å². The molecule has 1 aliphatic rings. The molecule has 0 spiro atoms. The molecule has 2 aromatic rings. The second-order valence-corrected chi connectivity index (χ2v) is 5.96. The van der Waals surface area contributed by atoms with Crippen molar-refractivity contribution < 1.29 is 14.9 Å². The van der Waals surface area contributed by atoms with Crippen LogP contribution in [0.25, 0.3) is 0 Å². The molecule has 110 valence electrons. The Kier molecular flexibility index (Phi) is 4.03. The largest absolute Gasteiger partial charge is 0.504 e. The highest BCUT2D eigenvalue weighted by Gasteiger charge is 2.17. The Bertz CT molecular complexity index is 673. The molecule has 3 rings (SSSR count). The summed E-state index contributed by atoms with van der Waals surface area (Å²) in [4.78, 5) is 0. The highest BCUT2D eigenvalue weighted by atomic mass is 79.9. The van der Waals surface area contributed by atoms with E-state index in [9.17, 15) is 10.2 Å². The van der Waals surface area contributed by atoms with Crippen LogP contribution in [0, 0.1) is 0 Å². The molecule has 5 heteroatoms. The fourth-order valence-electron chi connectivity index (χ4n) is 2.53. The van der Waals surface area contributed by atoms with Gasteiger partial charge in [-0.25, -0.2) is 0 Å². The van der Waals surface area contributed by atoms with Gasteiger partial charge in [-0.05, 0) is 23.8 Å². The maximum atomic E-state index is 9.77. The first-order chi connectivity index (χ1) is 10.1. The lowest BCUT2D eigenvalue weighted by molar-refractivity contribution is 0.352. The van der Waals surface area contributed by atoms with Crippen molar-refractivity contribution in [2.45, 2.75) is 19.5 Å². The molecule has 2 aromatic carbocycles. The van der Waals surface area contributed by atoms with Crippen LogP contribution < -0.4 is 10.1 Å². The third-order valence-electron chi connectivity index (χ3n) is 3.55. The third-order valence-corrected chi connectivity index (χ3v) is 4.01. The van der Waals surface area contributed by atoms with Crippen LogP contribution in [-0.2, 0) is 19.5 Å². The van der Waals surface area contributed by atoms with E-state index in [1.165, 1.54) is 11.6 Å². The zero-order chi connectivity index (χ0) is 14.8. The van der Waals surface area contributed by atoms with E-state index in [0.29, 0.717) is 18.7 Å². The van der Waals surface area contributed by atoms with E-state index >= 15 is 0 Å². The van der Waals surface area contributed by atoms with E-state index in [0.717, 1.165) is 28.8 Å². The highest BCUT2D eigenvalue weighted by Crippen LogP contribution is 2.33. The van der Waals surface area contributed by atoms with Gasteiger partial charge in [0.15, 0.2) is 11.5 Å². The van der Waals surface area contributed by atoms with Gasteiger partial charge in [0.1, 0.15) is 5.75 Å². The quantitative estimate of drug-likeness (QED) is 0.742. The normalized spacial score (nSPS) is 13.0. The summed E-state index contributed by atoms with van der Waals surface area (Å²) < 4.78 is 6.73. The molecule has 21 heavy (non-hydrogen) atoms. The summed E-state index contributed by atoms with van der Waals surface area (Å²) in [7, 11) is 0. The van der Waals surface area contributed by atoms with E-state index in [4.69, 9.17) is 4.74 Å². The number of rotatable bonds is 4. The Morgan fingerprint density at radius 2 is 1.95 bits per heavy atom. The van der Waals surface area contributed by atoms with Crippen LogP contribution in [0.3, 0.4) is 0 Å². The van der Waals surface area contributed by atoms with E-state index in [2.05, 4.69) is 27.3 Å². The highest BCUT2D eigenvalue weighted by molar-refractivity contribution is 9.10. The van der Waals surface area contributed by atoms with Crippen LogP contribution in [0.2, 0.25) is 0 Å². The number of halogens is 1. The summed E-state index contributed by atoms with van der Waals surface area (Å²) in [5, 5.41) is 22.5. The number of aromatic hydroxyl groups is 2. The Morgan fingerprint density at radius 1 is 1.14 bits per heavy atom. The SMILES string of the molecule is Oc1cccc(CNCc2cc(Br)cc3c2OCC3)c1O. The Hall–Kier alpha value is -1.72. The van der Waals surface area contributed by atoms with Crippen LogP contribution >= 0.6 is 15.9 Å². The molecule has 1 heterocycles. The standard InChI is InChI=1S/C16H16BrNO3/c17-13-6-10-4-5-21-16(10)12(7-13)9-18-8-11-2-1-3-14(19)15(11)20/h1-3,6-7,18-20H,4-5,8-9H2. The van der Waals surface area contributed by atoms with Crippen molar-refractivity contribution in [3.05, 3.63) is 51.5 Å². The molecule has 0 saturated heterocycles. The molecule has 3 N–H and O–H groups in total. The summed E-state index contributed by atoms with van der Waals surface area (Å²) in [5.74, 6) is 0.799. The molecular weight excluding hydrogens is 334 g/mol. The summed E-state index contributed by atoms with van der Waals surface area (Å²) in [6, 6.07) is 9.09. The number of nitrogens with one attached hydrogen (secondary N) is 1. The Labute approximate surface area is 131 Å². The van der Waals surface area contributed by atoms with Crippen molar-refractivity contribution >= 4 is 15.9 Å². The predicted octanol–water partition coefficient (Wildman–Crippen LogP) is 3.09. The first-order valence-electron chi connectivity index (χ1n) is 6.80. The van der Waals surface area contributed by atoms with Crippen molar-refractivity contribution in [3.8, 4) is 17.2 Å². The van der Waals surface area contributed by atoms with Crippen LogP contribution in [0.15, 0.2) is 34.8 Å². The number of hydrogen-bond donors (Lipinski definition) is 3. The van der Waals surface area contributed by atoms with Gasteiger partial charge in [0.25, 0.3) is 0 Å². The maximum absolute atomic E-state index is 9.77. The molecule has 0 aromatic heterocycles. The molecule has 0 aliphatic carbocycles. The van der Waals surface area contributed by atoms with Crippen LogP contribution in [0.1, 0.15) is 16.7 Å². The van der Waals surface area contributed by atoms with Crippen LogP contribution in [0.4, 0.5) is 0 Å². The lowest BCUT2D eigenvalue weighted by Crippen LogP contribution is -2.13. The van der Waals surface area contributed by atoms with Gasteiger partial charge in [-0.2, -0.15) is 0 Å². The van der Waals surface area contributed by atoms with Gasteiger partial charge in [-0.15, -0.1) is 0 Å². The first-order valence-corrected chi connectivity index (χ1v) is 7.59. The molecule has 1 aliphatic heterocycles. The number of phenolic OH excluding ortho intramolecular Hbond substituents is 2. The van der Waals surface area contributed by atoms with E-state index < -0.39 is 0 Å². The fourth-order valence-corrected chi connectivity index (χ4v) is 3.08. The minimum Gasteiger partial charge on any atom is -0.504 e. The average Bonchev–Trinajstić information content (AvgIpc) is 2.91. The van der Waals surface area contributed by atoms with Crippen molar-refractivity contribution in [1.29, 1.82) is 0 Å². The van der Waals surface area contributed by atoms with Gasteiger partial charge < -0.3 is 20.3 Å². The molecule has 0 bridgehead atoms. The van der Waals surface area contributed by atoms with E-state index in [-0.39, 0.29) is 11.5 Å². The van der Waals surface area contributed by atoms with E-state index in [1.54, 1.807) is 12.1 Å². The zero-order valence-corrected chi connectivity index (χ0v) is 13.0. The minimum atomic E-state index is -0.0963. The molecule has 0 unspecified atom stereocenters. The van der Waals surface area contributed by atoms with Crippen molar-refractivity contribution in [1.82, 2.24) is 5.32 Å². The molecule has 0 saturated carbocycles. The summed E-state index contributed by atoms with van der Waals surface area (Å²) in [5.41, 5.74) is 2.99. The number of fused-ring (bicyclic) bond motifs is 1. The van der Waals surface area contributed by atoms with Gasteiger partial charge in [0.05, 0.1) is 6.61 Å². The van der Waals surface area contributed by atoms with Crippen molar-refractivity contribution in [2.75, 3.05) is 6.61 Å². The second-order valence-electron chi connectivity index (χ2n) is 5.04. The molecule has 0 atom stereocenters. The lowest BCUT2D eigenvalue weighted by atomic mass is 10.1. The Balaban J connectivity index is 1.70. The first kappa shape index (κ1) is 14.2. The third kappa shape index (κ3) is 2.99. The number of benzene rings is 2. The topological polar surface area (TPSA) is 61.7 Å². The van der Waals surface area contributed by atoms with Crippen LogP contribution in [-0.4, -0.2) is 16.8 Å². The van der Waals surface area contributed by atoms with Crippen LogP contribution in [0.5, 0.6) is 17.2 Å². The molecule has 0 amide bonds. The minimum absolute atomic E-state index is 0.0688. The fraction of sp³-hybridized carbons (Fsp3) is 0.250. The number of phenols is 2. The summed E-state index contributed by atoms with van der Waals surface area (Å²) >= 11 is 3.52. The van der Waals surface area contributed by atoms with Gasteiger partial charge in [-0.3, -0.25) is 0 Å². The monoisotopic (exact) mass is 349 g/mol. The smallest absolute Gasteiger partial charge is 0.161 e. The number of para-hydroxylation sites is 1. The summed E-state index contributed by atoms with van der Waals surface area (Å²) in [6.07, 6.45) is 0.940.